The largest absolute Gasteiger partial charge is 0.467 e. The molecule has 1 saturated heterocycles. The van der Waals surface area contributed by atoms with Gasteiger partial charge in [-0.15, -0.1) is 0 Å². The van der Waals surface area contributed by atoms with Crippen LogP contribution < -0.4 is 10.6 Å². The number of amides is 3. The number of furan rings is 1. The highest BCUT2D eigenvalue weighted by atomic mass is 19.1. The van der Waals surface area contributed by atoms with Gasteiger partial charge in [-0.05, 0) is 55.5 Å². The third-order valence-electron chi connectivity index (χ3n) is 4.70. The molecule has 2 aromatic rings. The molecule has 0 unspecified atom stereocenters. The third-order valence-corrected chi connectivity index (χ3v) is 4.70. The summed E-state index contributed by atoms with van der Waals surface area (Å²) in [5, 5.41) is 5.57. The Kier molecular flexibility index (Phi) is 6.46. The van der Waals surface area contributed by atoms with Gasteiger partial charge < -0.3 is 20.0 Å². The van der Waals surface area contributed by atoms with Crippen LogP contribution in [-0.2, 0) is 11.3 Å². The third kappa shape index (κ3) is 5.84. The number of halogens is 1. The number of likely N-dealkylation sites (tertiary alicyclic amines) is 1. The molecule has 2 N–H and O–H groups in total. The van der Waals surface area contributed by atoms with Gasteiger partial charge in [0.15, 0.2) is 0 Å². The summed E-state index contributed by atoms with van der Waals surface area (Å²) in [6.45, 7) is 1.66. The van der Waals surface area contributed by atoms with Gasteiger partial charge in [-0.3, -0.25) is 4.79 Å². The van der Waals surface area contributed by atoms with E-state index in [0.29, 0.717) is 31.7 Å². The van der Waals surface area contributed by atoms with Crippen molar-refractivity contribution in [2.75, 3.05) is 18.4 Å². The van der Waals surface area contributed by atoms with E-state index in [1.807, 2.05) is 6.07 Å². The Bertz CT molecular complexity index is 764. The van der Waals surface area contributed by atoms with Gasteiger partial charge in [0.1, 0.15) is 11.6 Å². The van der Waals surface area contributed by atoms with Crippen LogP contribution in [0, 0.1) is 11.7 Å². The molecule has 1 fully saturated rings. The number of hydrogen-bond acceptors (Lipinski definition) is 3. The lowest BCUT2D eigenvalue weighted by Gasteiger charge is -2.32. The number of urea groups is 1. The van der Waals surface area contributed by atoms with Crippen molar-refractivity contribution in [3.63, 3.8) is 0 Å². The maximum Gasteiger partial charge on any atom is 0.321 e. The first kappa shape index (κ1) is 18.9. The number of benzene rings is 1. The minimum Gasteiger partial charge on any atom is -0.467 e. The fraction of sp³-hybridized carbons (Fsp3) is 0.400. The highest BCUT2D eigenvalue weighted by molar-refractivity contribution is 5.89. The molecule has 0 saturated carbocycles. The number of nitrogens with one attached hydrogen (secondary N) is 2. The Hall–Kier alpha value is -2.83. The van der Waals surface area contributed by atoms with E-state index in [4.69, 9.17) is 4.42 Å². The summed E-state index contributed by atoms with van der Waals surface area (Å²) in [4.78, 5) is 26.1. The second-order valence-electron chi connectivity index (χ2n) is 6.79. The van der Waals surface area contributed by atoms with Crippen molar-refractivity contribution in [2.45, 2.75) is 32.2 Å². The zero-order valence-corrected chi connectivity index (χ0v) is 15.1. The lowest BCUT2D eigenvalue weighted by Crippen LogP contribution is -2.42. The molecule has 1 aromatic heterocycles. The maximum absolute atomic E-state index is 13.2. The van der Waals surface area contributed by atoms with Crippen LogP contribution in [0.1, 0.15) is 31.4 Å². The van der Waals surface area contributed by atoms with Crippen molar-refractivity contribution < 1.29 is 18.4 Å². The summed E-state index contributed by atoms with van der Waals surface area (Å²) in [7, 11) is 0. The predicted molar refractivity (Wildman–Crippen MR) is 99.5 cm³/mol. The molecule has 0 radical (unpaired) electrons. The van der Waals surface area contributed by atoms with E-state index in [1.165, 1.54) is 12.1 Å². The molecule has 1 aliphatic rings. The van der Waals surface area contributed by atoms with Gasteiger partial charge >= 0.3 is 6.03 Å². The average molecular weight is 373 g/mol. The molecule has 0 aliphatic carbocycles. The Labute approximate surface area is 157 Å². The zero-order chi connectivity index (χ0) is 19.1. The highest BCUT2D eigenvalue weighted by Crippen LogP contribution is 2.22. The smallest absolute Gasteiger partial charge is 0.321 e. The van der Waals surface area contributed by atoms with E-state index < -0.39 is 0 Å². The van der Waals surface area contributed by atoms with E-state index in [-0.39, 0.29) is 23.7 Å². The molecule has 3 amide bonds. The van der Waals surface area contributed by atoms with Gasteiger partial charge in [0, 0.05) is 25.2 Å². The van der Waals surface area contributed by atoms with Gasteiger partial charge in [-0.1, -0.05) is 6.07 Å². The van der Waals surface area contributed by atoms with E-state index >= 15 is 0 Å². The SMILES string of the molecule is O=C(CC[C@H]1CCCN(C(=O)Nc2cccc(F)c2)C1)NCc1ccco1. The van der Waals surface area contributed by atoms with Crippen LogP contribution in [0.2, 0.25) is 0 Å². The molecule has 27 heavy (non-hydrogen) atoms. The first-order valence-corrected chi connectivity index (χ1v) is 9.21. The van der Waals surface area contributed by atoms with Crippen molar-refractivity contribution in [3.8, 4) is 0 Å². The topological polar surface area (TPSA) is 74.6 Å². The Morgan fingerprint density at radius 1 is 1.26 bits per heavy atom. The summed E-state index contributed by atoms with van der Waals surface area (Å²) in [5.41, 5.74) is 0.444. The van der Waals surface area contributed by atoms with Crippen LogP contribution in [0.15, 0.2) is 47.1 Å². The van der Waals surface area contributed by atoms with Crippen molar-refractivity contribution >= 4 is 17.6 Å². The summed E-state index contributed by atoms with van der Waals surface area (Å²) < 4.78 is 18.4. The van der Waals surface area contributed by atoms with E-state index in [0.717, 1.165) is 25.0 Å². The first-order valence-electron chi connectivity index (χ1n) is 9.21. The van der Waals surface area contributed by atoms with E-state index in [9.17, 15) is 14.0 Å². The molecule has 0 bridgehead atoms. The summed E-state index contributed by atoms with van der Waals surface area (Å²) in [5.74, 6) is 0.602. The number of carbonyl (C=O) groups is 2. The van der Waals surface area contributed by atoms with E-state index in [2.05, 4.69) is 10.6 Å². The number of hydrogen-bond donors (Lipinski definition) is 2. The Morgan fingerprint density at radius 2 is 2.15 bits per heavy atom. The van der Waals surface area contributed by atoms with Crippen LogP contribution in [0.3, 0.4) is 0 Å². The standard InChI is InChI=1S/C20H24FN3O3/c21-16-5-1-6-17(12-16)23-20(26)24-10-2-4-15(14-24)8-9-19(25)22-13-18-7-3-11-27-18/h1,3,5-7,11-12,15H,2,4,8-10,13-14H2,(H,22,25)(H,23,26)/t15-/m1/s1. The molecule has 2 heterocycles. The molecule has 0 spiro atoms. The Morgan fingerprint density at radius 3 is 2.93 bits per heavy atom. The molecule has 1 aromatic carbocycles. The van der Waals surface area contributed by atoms with Crippen molar-refractivity contribution in [1.82, 2.24) is 10.2 Å². The van der Waals surface area contributed by atoms with Crippen LogP contribution in [0.5, 0.6) is 0 Å². The number of rotatable bonds is 6. The highest BCUT2D eigenvalue weighted by Gasteiger charge is 2.24. The fourth-order valence-electron chi connectivity index (χ4n) is 3.28. The minimum atomic E-state index is -0.384. The summed E-state index contributed by atoms with van der Waals surface area (Å²) >= 11 is 0. The molecular weight excluding hydrogens is 349 g/mol. The molecule has 6 nitrogen and oxygen atoms in total. The number of nitrogens with zero attached hydrogens (tertiary/aromatic N) is 1. The van der Waals surface area contributed by atoms with Crippen molar-refractivity contribution in [2.24, 2.45) is 5.92 Å². The van der Waals surface area contributed by atoms with Gasteiger partial charge in [0.05, 0.1) is 12.8 Å². The molecule has 1 aliphatic heterocycles. The van der Waals surface area contributed by atoms with Crippen LogP contribution in [0.4, 0.5) is 14.9 Å². The molecule has 144 valence electrons. The zero-order valence-electron chi connectivity index (χ0n) is 15.1. The van der Waals surface area contributed by atoms with Gasteiger partial charge in [-0.25, -0.2) is 9.18 Å². The Balaban J connectivity index is 1.41. The molecular formula is C20H24FN3O3. The molecule has 3 rings (SSSR count). The van der Waals surface area contributed by atoms with Gasteiger partial charge in [-0.2, -0.15) is 0 Å². The first-order chi connectivity index (χ1) is 13.1. The summed E-state index contributed by atoms with van der Waals surface area (Å²) in [6.07, 6.45) is 4.62. The number of anilines is 1. The molecule has 1 atom stereocenters. The van der Waals surface area contributed by atoms with Crippen LogP contribution in [-0.4, -0.2) is 29.9 Å². The quantitative estimate of drug-likeness (QED) is 0.810. The number of carbonyl (C=O) groups excluding carboxylic acids is 2. The normalized spacial score (nSPS) is 16.8. The lowest BCUT2D eigenvalue weighted by molar-refractivity contribution is -0.121. The second kappa shape index (κ2) is 9.21. The minimum absolute atomic E-state index is 0.0206. The van der Waals surface area contributed by atoms with Crippen LogP contribution >= 0.6 is 0 Å². The average Bonchev–Trinajstić information content (AvgIpc) is 3.18. The summed E-state index contributed by atoms with van der Waals surface area (Å²) in [6, 6.07) is 9.22. The molecule has 7 heteroatoms. The van der Waals surface area contributed by atoms with Crippen molar-refractivity contribution in [1.29, 1.82) is 0 Å². The fourth-order valence-corrected chi connectivity index (χ4v) is 3.28. The maximum atomic E-state index is 13.2. The van der Waals surface area contributed by atoms with Gasteiger partial charge in [0.25, 0.3) is 0 Å². The number of piperidine rings is 1. The van der Waals surface area contributed by atoms with E-state index in [1.54, 1.807) is 29.4 Å². The van der Waals surface area contributed by atoms with Crippen LogP contribution in [0.25, 0.3) is 0 Å². The van der Waals surface area contributed by atoms with Crippen molar-refractivity contribution in [3.05, 3.63) is 54.2 Å². The predicted octanol–water partition coefficient (Wildman–Crippen LogP) is 3.76. The lowest BCUT2D eigenvalue weighted by atomic mass is 9.93. The monoisotopic (exact) mass is 373 g/mol. The van der Waals surface area contributed by atoms with Gasteiger partial charge in [0.2, 0.25) is 5.91 Å². The second-order valence-corrected chi connectivity index (χ2v) is 6.79.